The minimum Gasteiger partial charge on any atom is -0.335 e. The monoisotopic (exact) mass is 370 g/mol. The van der Waals surface area contributed by atoms with Crippen LogP contribution in [-0.4, -0.2) is 32.6 Å². The number of benzene rings is 1. The molecule has 5 nitrogen and oxygen atoms in total. The van der Waals surface area contributed by atoms with E-state index in [4.69, 9.17) is 0 Å². The molecule has 3 rings (SSSR count). The smallest absolute Gasteiger partial charge is 0.333 e. The molecule has 0 N–H and O–H groups in total. The van der Waals surface area contributed by atoms with Crippen LogP contribution in [0.1, 0.15) is 41.1 Å². The lowest BCUT2D eigenvalue weighted by Gasteiger charge is -2.25. The lowest BCUT2D eigenvalue weighted by molar-refractivity contribution is 0.0545. The highest BCUT2D eigenvalue weighted by Gasteiger charge is 2.20. The van der Waals surface area contributed by atoms with Crippen molar-refractivity contribution in [3.8, 4) is 11.1 Å². The first kappa shape index (κ1) is 18.7. The number of nitrogens with zero attached hydrogens (tertiary/aromatic N) is 4. The third-order valence-electron chi connectivity index (χ3n) is 4.72. The Morgan fingerprint density at radius 3 is 2.59 bits per heavy atom. The number of aromatic nitrogens is 3. The molecule has 0 saturated carbocycles. The van der Waals surface area contributed by atoms with Crippen molar-refractivity contribution in [2.75, 3.05) is 7.05 Å². The van der Waals surface area contributed by atoms with Crippen LogP contribution in [-0.2, 0) is 0 Å². The molecule has 0 unspecified atom stereocenters. The van der Waals surface area contributed by atoms with Crippen molar-refractivity contribution in [2.45, 2.75) is 26.4 Å². The van der Waals surface area contributed by atoms with Crippen molar-refractivity contribution in [3.05, 3.63) is 71.8 Å². The molecule has 0 aliphatic rings. The lowest BCUT2D eigenvalue weighted by Crippen LogP contribution is -2.29. The molecule has 140 valence electrons. The van der Waals surface area contributed by atoms with Gasteiger partial charge in [0.25, 0.3) is 5.91 Å². The van der Waals surface area contributed by atoms with Crippen LogP contribution in [0.2, 0.25) is 0 Å². The summed E-state index contributed by atoms with van der Waals surface area (Å²) < 4.78 is 26.6. The number of halogens is 2. The van der Waals surface area contributed by atoms with Gasteiger partial charge in [0, 0.05) is 36.3 Å². The van der Waals surface area contributed by atoms with Gasteiger partial charge in [-0.3, -0.25) is 9.78 Å². The average Bonchev–Trinajstić information content (AvgIpc) is 3.08. The highest BCUT2D eigenvalue weighted by molar-refractivity contribution is 5.95. The third kappa shape index (κ3) is 3.72. The molecule has 1 aromatic carbocycles. The molecular weight excluding hydrogens is 350 g/mol. The molecule has 2 heterocycles. The first-order valence-corrected chi connectivity index (χ1v) is 8.50. The molecule has 1 amide bonds. The quantitative estimate of drug-likeness (QED) is 0.665. The molecule has 3 aromatic rings. The topological polar surface area (TPSA) is 51.0 Å². The number of hydrogen-bond acceptors (Lipinski definition) is 3. The van der Waals surface area contributed by atoms with Crippen molar-refractivity contribution in [1.82, 2.24) is 19.7 Å². The van der Waals surface area contributed by atoms with Crippen LogP contribution in [0.25, 0.3) is 11.1 Å². The maximum atomic E-state index is 13.0. The van der Waals surface area contributed by atoms with Crippen LogP contribution in [0, 0.1) is 6.92 Å². The van der Waals surface area contributed by atoms with Crippen molar-refractivity contribution in [3.63, 3.8) is 0 Å². The molecule has 7 heteroatoms. The van der Waals surface area contributed by atoms with Crippen molar-refractivity contribution < 1.29 is 13.6 Å². The zero-order valence-electron chi connectivity index (χ0n) is 15.3. The minimum absolute atomic E-state index is 0.154. The van der Waals surface area contributed by atoms with Crippen LogP contribution in [0.5, 0.6) is 0 Å². The molecule has 0 fully saturated rings. The first-order chi connectivity index (χ1) is 12.9. The van der Waals surface area contributed by atoms with Crippen LogP contribution in [0.4, 0.5) is 8.78 Å². The second kappa shape index (κ2) is 7.65. The van der Waals surface area contributed by atoms with E-state index in [-0.39, 0.29) is 11.9 Å². The summed E-state index contributed by atoms with van der Waals surface area (Å²) >= 11 is 0. The fourth-order valence-corrected chi connectivity index (χ4v) is 2.95. The molecule has 0 bridgehead atoms. The summed E-state index contributed by atoms with van der Waals surface area (Å²) in [5.41, 5.74) is 3.01. The molecule has 0 aliphatic heterocycles. The maximum Gasteiger partial charge on any atom is 0.333 e. The van der Waals surface area contributed by atoms with Gasteiger partial charge in [0.2, 0.25) is 0 Å². The summed E-state index contributed by atoms with van der Waals surface area (Å²) in [6.07, 6.45) is 4.81. The van der Waals surface area contributed by atoms with E-state index in [1.54, 1.807) is 55.5 Å². The summed E-state index contributed by atoms with van der Waals surface area (Å²) in [5.74, 6) is -0.160. The number of carbonyl (C=O) groups excluding carboxylic acids is 1. The Balaban J connectivity index is 1.88. The predicted molar refractivity (Wildman–Crippen MR) is 98.4 cm³/mol. The van der Waals surface area contributed by atoms with Gasteiger partial charge >= 0.3 is 6.55 Å². The molecule has 0 spiro atoms. The Hall–Kier alpha value is -3.09. The molecular formula is C20H20F2N4O. The summed E-state index contributed by atoms with van der Waals surface area (Å²) in [4.78, 5) is 18.6. The fourth-order valence-electron chi connectivity index (χ4n) is 2.95. The van der Waals surface area contributed by atoms with Gasteiger partial charge in [0.05, 0.1) is 12.2 Å². The second-order valence-corrected chi connectivity index (χ2v) is 6.33. The highest BCUT2D eigenvalue weighted by Crippen LogP contribution is 2.27. The van der Waals surface area contributed by atoms with E-state index in [0.717, 1.165) is 5.56 Å². The Morgan fingerprint density at radius 1 is 1.19 bits per heavy atom. The van der Waals surface area contributed by atoms with E-state index in [0.29, 0.717) is 27.1 Å². The SMILES string of the molecule is Cc1c(-c2cccc(C(=O)N(C)[C@@H](C)c3cccnc3)c2)cnn1C(F)F. The lowest BCUT2D eigenvalue weighted by atomic mass is 10.0. The average molecular weight is 370 g/mol. The number of carbonyl (C=O) groups is 1. The number of pyridine rings is 1. The standard InChI is InChI=1S/C20H20F2N4O/c1-13(17-8-5-9-23-11-17)25(3)19(27)16-7-4-6-15(10-16)18-12-24-26(14(18)2)20(21)22/h4-13,20H,1-3H3/t13-/m0/s1. The van der Waals surface area contributed by atoms with Gasteiger partial charge in [-0.05, 0) is 43.2 Å². The zero-order chi connectivity index (χ0) is 19.6. The zero-order valence-corrected chi connectivity index (χ0v) is 15.3. The van der Waals surface area contributed by atoms with E-state index >= 15 is 0 Å². The van der Waals surface area contributed by atoms with Gasteiger partial charge < -0.3 is 4.90 Å². The van der Waals surface area contributed by atoms with Gasteiger partial charge in [0.1, 0.15) is 0 Å². The maximum absolute atomic E-state index is 13.0. The minimum atomic E-state index is -2.70. The Morgan fingerprint density at radius 2 is 1.96 bits per heavy atom. The van der Waals surface area contributed by atoms with E-state index in [1.807, 2.05) is 19.1 Å². The molecule has 1 atom stereocenters. The van der Waals surface area contributed by atoms with Crippen LogP contribution >= 0.6 is 0 Å². The van der Waals surface area contributed by atoms with E-state index in [9.17, 15) is 13.6 Å². The summed E-state index contributed by atoms with van der Waals surface area (Å²) in [6, 6.07) is 10.5. The third-order valence-corrected chi connectivity index (χ3v) is 4.72. The van der Waals surface area contributed by atoms with E-state index in [2.05, 4.69) is 10.1 Å². The van der Waals surface area contributed by atoms with Gasteiger partial charge in [-0.25, -0.2) is 4.68 Å². The van der Waals surface area contributed by atoms with E-state index < -0.39 is 6.55 Å². The van der Waals surface area contributed by atoms with Crippen molar-refractivity contribution >= 4 is 5.91 Å². The molecule has 2 aromatic heterocycles. The Kier molecular flexibility index (Phi) is 5.30. The van der Waals surface area contributed by atoms with Crippen LogP contribution in [0.3, 0.4) is 0 Å². The summed E-state index contributed by atoms with van der Waals surface area (Å²) in [7, 11) is 1.73. The number of hydrogen-bond donors (Lipinski definition) is 0. The van der Waals surface area contributed by atoms with Gasteiger partial charge in [-0.2, -0.15) is 13.9 Å². The normalized spacial score (nSPS) is 12.2. The Labute approximate surface area is 156 Å². The first-order valence-electron chi connectivity index (χ1n) is 8.50. The molecule has 0 aliphatic carbocycles. The molecule has 0 radical (unpaired) electrons. The van der Waals surface area contributed by atoms with Crippen molar-refractivity contribution in [1.29, 1.82) is 0 Å². The fraction of sp³-hybridized carbons (Fsp3) is 0.250. The van der Waals surface area contributed by atoms with Gasteiger partial charge in [0.15, 0.2) is 0 Å². The van der Waals surface area contributed by atoms with E-state index in [1.165, 1.54) is 6.20 Å². The largest absolute Gasteiger partial charge is 0.335 e. The van der Waals surface area contributed by atoms with Gasteiger partial charge in [-0.1, -0.05) is 18.2 Å². The second-order valence-electron chi connectivity index (χ2n) is 6.33. The highest BCUT2D eigenvalue weighted by atomic mass is 19.3. The summed E-state index contributed by atoms with van der Waals surface area (Å²) in [6.45, 7) is 0.810. The Bertz CT molecular complexity index is 940. The van der Waals surface area contributed by atoms with Gasteiger partial charge in [-0.15, -0.1) is 0 Å². The number of rotatable bonds is 5. The van der Waals surface area contributed by atoms with Crippen molar-refractivity contribution in [2.24, 2.45) is 0 Å². The summed E-state index contributed by atoms with van der Waals surface area (Å²) in [5, 5.41) is 3.73. The predicted octanol–water partition coefficient (Wildman–Crippen LogP) is 4.48. The van der Waals surface area contributed by atoms with Crippen LogP contribution in [0.15, 0.2) is 55.0 Å². The van der Waals surface area contributed by atoms with Crippen LogP contribution < -0.4 is 0 Å². The molecule has 27 heavy (non-hydrogen) atoms. The number of amides is 1. The number of alkyl halides is 2. The molecule has 0 saturated heterocycles.